The first-order valence-electron chi connectivity index (χ1n) is 9.30. The number of aromatic nitrogens is 1. The fourth-order valence-electron chi connectivity index (χ4n) is 2.54. The van der Waals surface area contributed by atoms with Crippen LogP contribution in [0.3, 0.4) is 0 Å². The van der Waals surface area contributed by atoms with Gasteiger partial charge in [-0.1, -0.05) is 24.3 Å². The van der Waals surface area contributed by atoms with E-state index in [2.05, 4.69) is 34.6 Å². The van der Waals surface area contributed by atoms with Gasteiger partial charge in [0.15, 0.2) is 0 Å². The lowest BCUT2D eigenvalue weighted by Crippen LogP contribution is -2.07. The molecule has 0 aliphatic carbocycles. The van der Waals surface area contributed by atoms with Gasteiger partial charge in [-0.15, -0.1) is 11.3 Å². The van der Waals surface area contributed by atoms with Crippen LogP contribution in [-0.2, 0) is 22.6 Å². The van der Waals surface area contributed by atoms with Gasteiger partial charge in [-0.05, 0) is 54.8 Å². The first kappa shape index (κ1) is 20.5. The number of hydrogen-bond acceptors (Lipinski definition) is 7. The van der Waals surface area contributed by atoms with Crippen LogP contribution in [0, 0.1) is 6.92 Å². The zero-order valence-corrected chi connectivity index (χ0v) is 17.2. The molecule has 1 aromatic heterocycles. The number of hydrogen-bond donors (Lipinski definition) is 1. The number of nitrogens with zero attached hydrogens (tertiary/aromatic N) is 2. The van der Waals surface area contributed by atoms with E-state index in [4.69, 9.17) is 9.47 Å². The number of aryl methyl sites for hydroxylation is 1. The lowest BCUT2D eigenvalue weighted by atomic mass is 10.1. The molecule has 3 aromatic rings. The molecule has 1 N–H and O–H groups in total. The van der Waals surface area contributed by atoms with Gasteiger partial charge in [0.05, 0.1) is 24.9 Å². The summed E-state index contributed by atoms with van der Waals surface area (Å²) in [6, 6.07) is 15.9. The Kier molecular flexibility index (Phi) is 7.35. The Balaban J connectivity index is 1.48. The van der Waals surface area contributed by atoms with Crippen molar-refractivity contribution in [2.45, 2.75) is 26.9 Å². The van der Waals surface area contributed by atoms with Crippen molar-refractivity contribution in [2.24, 2.45) is 5.10 Å². The van der Waals surface area contributed by atoms with Crippen molar-refractivity contribution in [3.63, 3.8) is 0 Å². The second-order valence-corrected chi connectivity index (χ2v) is 7.14. The first-order chi connectivity index (χ1) is 14.1. The average molecular weight is 410 g/mol. The summed E-state index contributed by atoms with van der Waals surface area (Å²) in [6.07, 6.45) is 1.87. The van der Waals surface area contributed by atoms with Crippen LogP contribution in [0.5, 0.6) is 5.75 Å². The van der Waals surface area contributed by atoms with E-state index in [-0.39, 0.29) is 12.4 Å². The maximum absolute atomic E-state index is 11.5. The van der Waals surface area contributed by atoms with E-state index in [1.807, 2.05) is 41.8 Å². The Morgan fingerprint density at radius 3 is 2.76 bits per heavy atom. The fraction of sp³-hybridized carbons (Fsp3) is 0.227. The quantitative estimate of drug-likeness (QED) is 0.318. The van der Waals surface area contributed by atoms with Crippen molar-refractivity contribution >= 4 is 28.7 Å². The SMILES string of the molecule is CCOC(=O)Cc1csc(NN=Cc2ccc(OCc3ccccc3C)cc2)n1. The van der Waals surface area contributed by atoms with Gasteiger partial charge in [0.1, 0.15) is 12.4 Å². The molecule has 3 rings (SSSR count). The zero-order chi connectivity index (χ0) is 20.5. The highest BCUT2D eigenvalue weighted by Crippen LogP contribution is 2.17. The molecule has 0 fully saturated rings. The van der Waals surface area contributed by atoms with Gasteiger partial charge in [-0.2, -0.15) is 5.10 Å². The number of ether oxygens (including phenoxy) is 2. The van der Waals surface area contributed by atoms with Gasteiger partial charge in [-0.25, -0.2) is 4.98 Å². The second-order valence-electron chi connectivity index (χ2n) is 6.28. The summed E-state index contributed by atoms with van der Waals surface area (Å²) in [5.74, 6) is 0.527. The molecule has 0 aliphatic heterocycles. The van der Waals surface area contributed by atoms with Crippen LogP contribution in [-0.4, -0.2) is 23.8 Å². The van der Waals surface area contributed by atoms with Crippen LogP contribution < -0.4 is 10.2 Å². The third kappa shape index (κ3) is 6.43. The molecule has 0 unspecified atom stereocenters. The van der Waals surface area contributed by atoms with Crippen LogP contribution in [0.2, 0.25) is 0 Å². The number of thiazole rings is 1. The highest BCUT2D eigenvalue weighted by Gasteiger charge is 2.07. The zero-order valence-electron chi connectivity index (χ0n) is 16.4. The molecule has 29 heavy (non-hydrogen) atoms. The summed E-state index contributed by atoms with van der Waals surface area (Å²) in [4.78, 5) is 15.8. The van der Waals surface area contributed by atoms with Gasteiger partial charge >= 0.3 is 5.97 Å². The second kappa shape index (κ2) is 10.4. The molecule has 0 aliphatic rings. The summed E-state index contributed by atoms with van der Waals surface area (Å²) in [5.41, 5.74) is 6.87. The predicted octanol–water partition coefficient (Wildman–Crippen LogP) is 4.58. The fourth-order valence-corrected chi connectivity index (χ4v) is 3.20. The van der Waals surface area contributed by atoms with Crippen LogP contribution in [0.4, 0.5) is 5.13 Å². The number of benzene rings is 2. The van der Waals surface area contributed by atoms with Gasteiger partial charge in [-0.3, -0.25) is 10.2 Å². The number of carbonyl (C=O) groups excluding carboxylic acids is 1. The van der Waals surface area contributed by atoms with E-state index >= 15 is 0 Å². The molecule has 0 spiro atoms. The standard InChI is InChI=1S/C22H23N3O3S/c1-3-27-21(26)12-19-15-29-22(24-19)25-23-13-17-8-10-20(11-9-17)28-14-18-7-5-4-6-16(18)2/h4-11,13,15H,3,12,14H2,1-2H3,(H,24,25). The summed E-state index contributed by atoms with van der Waals surface area (Å²) in [7, 11) is 0. The molecule has 0 amide bonds. The number of rotatable bonds is 9. The van der Waals surface area contributed by atoms with Gasteiger partial charge in [0.25, 0.3) is 0 Å². The maximum atomic E-state index is 11.5. The normalized spacial score (nSPS) is 10.8. The van der Waals surface area contributed by atoms with E-state index in [9.17, 15) is 4.79 Å². The molecule has 0 bridgehead atoms. The minimum absolute atomic E-state index is 0.166. The van der Waals surface area contributed by atoms with E-state index in [0.717, 1.165) is 11.3 Å². The Labute approximate surface area is 174 Å². The Morgan fingerprint density at radius 2 is 2.00 bits per heavy atom. The summed E-state index contributed by atoms with van der Waals surface area (Å²) < 4.78 is 10.8. The van der Waals surface area contributed by atoms with Crippen molar-refractivity contribution in [1.82, 2.24) is 4.98 Å². The van der Waals surface area contributed by atoms with Gasteiger partial charge in [0.2, 0.25) is 5.13 Å². The highest BCUT2D eigenvalue weighted by molar-refractivity contribution is 7.13. The van der Waals surface area contributed by atoms with Crippen LogP contribution in [0.15, 0.2) is 59.0 Å². The monoisotopic (exact) mass is 409 g/mol. The number of carbonyl (C=O) groups is 1. The van der Waals surface area contributed by atoms with E-state index in [0.29, 0.717) is 24.0 Å². The van der Waals surface area contributed by atoms with Crippen molar-refractivity contribution < 1.29 is 14.3 Å². The van der Waals surface area contributed by atoms with E-state index in [1.54, 1.807) is 13.1 Å². The highest BCUT2D eigenvalue weighted by atomic mass is 32.1. The van der Waals surface area contributed by atoms with Gasteiger partial charge in [0, 0.05) is 5.38 Å². The maximum Gasteiger partial charge on any atom is 0.311 e. The number of hydrazone groups is 1. The molecule has 150 valence electrons. The number of esters is 1. The van der Waals surface area contributed by atoms with Crippen molar-refractivity contribution in [3.8, 4) is 5.75 Å². The Hall–Kier alpha value is -3.19. The molecular weight excluding hydrogens is 386 g/mol. The lowest BCUT2D eigenvalue weighted by Gasteiger charge is -2.08. The average Bonchev–Trinajstić information content (AvgIpc) is 3.15. The predicted molar refractivity (Wildman–Crippen MR) is 116 cm³/mol. The third-order valence-corrected chi connectivity index (χ3v) is 4.89. The molecule has 2 aromatic carbocycles. The molecule has 1 heterocycles. The van der Waals surface area contributed by atoms with Crippen molar-refractivity contribution in [2.75, 3.05) is 12.0 Å². The molecule has 7 heteroatoms. The topological polar surface area (TPSA) is 72.8 Å². The molecule has 0 saturated heterocycles. The Bertz CT molecular complexity index is 967. The summed E-state index contributed by atoms with van der Waals surface area (Å²) in [6.45, 7) is 4.77. The lowest BCUT2D eigenvalue weighted by molar-refractivity contribution is -0.142. The molecule has 0 atom stereocenters. The smallest absolute Gasteiger partial charge is 0.311 e. The molecule has 0 saturated carbocycles. The largest absolute Gasteiger partial charge is 0.489 e. The molecule has 6 nitrogen and oxygen atoms in total. The van der Waals surface area contributed by atoms with Crippen LogP contribution >= 0.6 is 11.3 Å². The minimum atomic E-state index is -0.280. The third-order valence-electron chi connectivity index (χ3n) is 4.09. The minimum Gasteiger partial charge on any atom is -0.489 e. The number of nitrogens with one attached hydrogen (secondary N) is 1. The first-order valence-corrected chi connectivity index (χ1v) is 10.2. The van der Waals surface area contributed by atoms with Gasteiger partial charge < -0.3 is 9.47 Å². The Morgan fingerprint density at radius 1 is 1.21 bits per heavy atom. The van der Waals surface area contributed by atoms with Crippen molar-refractivity contribution in [3.05, 3.63) is 76.3 Å². The summed E-state index contributed by atoms with van der Waals surface area (Å²) in [5, 5.41) is 6.63. The van der Waals surface area contributed by atoms with E-state index in [1.165, 1.54) is 22.5 Å². The van der Waals surface area contributed by atoms with Crippen LogP contribution in [0.25, 0.3) is 0 Å². The van der Waals surface area contributed by atoms with Crippen LogP contribution in [0.1, 0.15) is 29.3 Å². The summed E-state index contributed by atoms with van der Waals surface area (Å²) >= 11 is 1.39. The van der Waals surface area contributed by atoms with E-state index < -0.39 is 0 Å². The molecular formula is C22H23N3O3S. The van der Waals surface area contributed by atoms with Crippen molar-refractivity contribution in [1.29, 1.82) is 0 Å². The number of anilines is 1. The molecule has 0 radical (unpaired) electrons.